The molecule has 0 fully saturated rings. The van der Waals surface area contributed by atoms with Crippen LogP contribution in [0.2, 0.25) is 0 Å². The summed E-state index contributed by atoms with van der Waals surface area (Å²) >= 11 is 0. The molecule has 0 atom stereocenters. The maximum absolute atomic E-state index is 12.0. The number of nitrogens with zero attached hydrogens (tertiary/aromatic N) is 4. The van der Waals surface area contributed by atoms with Crippen LogP contribution < -0.4 is 5.32 Å². The van der Waals surface area contributed by atoms with Crippen molar-refractivity contribution < 1.29 is 14.5 Å². The number of hydrogen-bond acceptors (Lipinski definition) is 5. The zero-order valence-electron chi connectivity index (χ0n) is 13.3. The van der Waals surface area contributed by atoms with Crippen molar-refractivity contribution in [2.24, 2.45) is 7.05 Å². The van der Waals surface area contributed by atoms with Crippen molar-refractivity contribution in [1.29, 1.82) is 0 Å². The summed E-state index contributed by atoms with van der Waals surface area (Å²) in [5.41, 5.74) is 0.827. The molecule has 126 valence electrons. The van der Waals surface area contributed by atoms with Crippen molar-refractivity contribution in [1.82, 2.24) is 20.0 Å². The Bertz CT molecular complexity index is 771. The molecule has 1 heterocycles. The van der Waals surface area contributed by atoms with Crippen molar-refractivity contribution in [3.63, 3.8) is 0 Å². The Morgan fingerprint density at radius 3 is 2.79 bits per heavy atom. The fraction of sp³-hybridized carbons (Fsp3) is 0.267. The van der Waals surface area contributed by atoms with E-state index in [1.807, 2.05) is 0 Å². The standard InChI is InChI=1S/C15H17N5O4/c1-18(9-11-7-17-19(2)10-11)14(21)8-16-15(22)12-4-3-5-13(6-12)20(23)24/h3-7,10H,8-9H2,1-2H3,(H,16,22). The Labute approximate surface area is 138 Å². The Morgan fingerprint density at radius 1 is 1.42 bits per heavy atom. The molecule has 0 aliphatic carbocycles. The van der Waals surface area contributed by atoms with Crippen molar-refractivity contribution in [2.75, 3.05) is 13.6 Å². The topological polar surface area (TPSA) is 110 Å². The first kappa shape index (κ1) is 17.1. The van der Waals surface area contributed by atoms with Crippen LogP contribution in [0.4, 0.5) is 5.69 Å². The maximum atomic E-state index is 12.0. The van der Waals surface area contributed by atoms with Crippen LogP contribution in [0.1, 0.15) is 15.9 Å². The lowest BCUT2D eigenvalue weighted by molar-refractivity contribution is -0.384. The number of rotatable bonds is 6. The van der Waals surface area contributed by atoms with E-state index in [4.69, 9.17) is 0 Å². The number of amides is 2. The van der Waals surface area contributed by atoms with Crippen LogP contribution in [0.3, 0.4) is 0 Å². The number of likely N-dealkylation sites (N-methyl/N-ethyl adjacent to an activating group) is 1. The third kappa shape index (κ3) is 4.38. The van der Waals surface area contributed by atoms with Gasteiger partial charge < -0.3 is 10.2 Å². The van der Waals surface area contributed by atoms with E-state index in [0.29, 0.717) is 6.54 Å². The van der Waals surface area contributed by atoms with E-state index in [2.05, 4.69) is 10.4 Å². The van der Waals surface area contributed by atoms with Gasteiger partial charge in [0.2, 0.25) is 5.91 Å². The van der Waals surface area contributed by atoms with E-state index < -0.39 is 10.8 Å². The first-order valence-electron chi connectivity index (χ1n) is 7.11. The summed E-state index contributed by atoms with van der Waals surface area (Å²) in [7, 11) is 3.40. The number of nitro groups is 1. The fourth-order valence-corrected chi connectivity index (χ4v) is 2.07. The third-order valence-electron chi connectivity index (χ3n) is 3.32. The first-order chi connectivity index (χ1) is 11.4. The molecule has 0 bridgehead atoms. The second-order valence-corrected chi connectivity index (χ2v) is 5.26. The minimum absolute atomic E-state index is 0.131. The molecule has 0 spiro atoms. The van der Waals surface area contributed by atoms with Gasteiger partial charge in [0.1, 0.15) is 0 Å². The highest BCUT2D eigenvalue weighted by Gasteiger charge is 2.14. The van der Waals surface area contributed by atoms with E-state index in [1.54, 1.807) is 31.2 Å². The lowest BCUT2D eigenvalue weighted by Crippen LogP contribution is -2.37. The normalized spacial score (nSPS) is 10.2. The Kier molecular flexibility index (Phi) is 5.25. The fourth-order valence-electron chi connectivity index (χ4n) is 2.07. The molecule has 9 nitrogen and oxygen atoms in total. The SMILES string of the molecule is CN(Cc1cnn(C)c1)C(=O)CNC(=O)c1cccc([N+](=O)[O-])c1. The van der Waals surface area contributed by atoms with Gasteiger partial charge in [-0.05, 0) is 6.07 Å². The Hall–Kier alpha value is -3.23. The molecule has 2 aromatic rings. The van der Waals surface area contributed by atoms with Gasteiger partial charge in [-0.1, -0.05) is 6.07 Å². The first-order valence-corrected chi connectivity index (χ1v) is 7.11. The summed E-state index contributed by atoms with van der Waals surface area (Å²) in [6.07, 6.45) is 3.46. The monoisotopic (exact) mass is 331 g/mol. The van der Waals surface area contributed by atoms with Crippen LogP contribution in [-0.4, -0.2) is 45.0 Å². The molecule has 0 saturated carbocycles. The molecule has 0 radical (unpaired) electrons. The second kappa shape index (κ2) is 7.36. The number of non-ortho nitro benzene ring substituents is 1. The van der Waals surface area contributed by atoms with Crippen molar-refractivity contribution >= 4 is 17.5 Å². The molecule has 24 heavy (non-hydrogen) atoms. The number of aromatic nitrogens is 2. The highest BCUT2D eigenvalue weighted by molar-refractivity contribution is 5.96. The molecule has 1 N–H and O–H groups in total. The van der Waals surface area contributed by atoms with Crippen molar-refractivity contribution in [2.45, 2.75) is 6.54 Å². The molecule has 0 aliphatic heterocycles. The summed E-state index contributed by atoms with van der Waals surface area (Å²) in [5, 5.41) is 17.2. The molecule has 0 aliphatic rings. The molecule has 2 rings (SSSR count). The average Bonchev–Trinajstić information content (AvgIpc) is 2.97. The lowest BCUT2D eigenvalue weighted by atomic mass is 10.2. The number of benzene rings is 1. The minimum Gasteiger partial charge on any atom is -0.343 e. The molecule has 0 saturated heterocycles. The lowest BCUT2D eigenvalue weighted by Gasteiger charge is -2.16. The van der Waals surface area contributed by atoms with Crippen LogP contribution in [-0.2, 0) is 18.4 Å². The van der Waals surface area contributed by atoms with Gasteiger partial charge in [0, 0.05) is 50.1 Å². The molecule has 9 heteroatoms. The number of carbonyl (C=O) groups is 2. The van der Waals surface area contributed by atoms with Crippen LogP contribution in [0.15, 0.2) is 36.7 Å². The summed E-state index contributed by atoms with van der Waals surface area (Å²) < 4.78 is 1.64. The summed E-state index contributed by atoms with van der Waals surface area (Å²) in [5.74, 6) is -0.820. The van der Waals surface area contributed by atoms with Gasteiger partial charge in [-0.3, -0.25) is 24.4 Å². The predicted molar refractivity (Wildman–Crippen MR) is 85.1 cm³/mol. The summed E-state index contributed by atoms with van der Waals surface area (Å²) in [6.45, 7) is 0.178. The Balaban J connectivity index is 1.89. The van der Waals surface area contributed by atoms with Crippen molar-refractivity contribution in [3.8, 4) is 0 Å². The van der Waals surface area contributed by atoms with E-state index >= 15 is 0 Å². The molecule has 2 amide bonds. The van der Waals surface area contributed by atoms with E-state index in [-0.39, 0.29) is 23.7 Å². The van der Waals surface area contributed by atoms with Crippen LogP contribution in [0.5, 0.6) is 0 Å². The van der Waals surface area contributed by atoms with Gasteiger partial charge >= 0.3 is 0 Å². The van der Waals surface area contributed by atoms with E-state index in [0.717, 1.165) is 5.56 Å². The molecular weight excluding hydrogens is 314 g/mol. The van der Waals surface area contributed by atoms with E-state index in [1.165, 1.54) is 29.2 Å². The largest absolute Gasteiger partial charge is 0.343 e. The number of hydrogen-bond donors (Lipinski definition) is 1. The van der Waals surface area contributed by atoms with Crippen LogP contribution >= 0.6 is 0 Å². The maximum Gasteiger partial charge on any atom is 0.270 e. The molecule has 1 aromatic carbocycles. The molecule has 1 aromatic heterocycles. The Morgan fingerprint density at radius 2 is 2.17 bits per heavy atom. The minimum atomic E-state index is -0.580. The second-order valence-electron chi connectivity index (χ2n) is 5.26. The number of nitro benzene ring substituents is 1. The highest BCUT2D eigenvalue weighted by Crippen LogP contribution is 2.12. The quantitative estimate of drug-likeness (QED) is 0.619. The zero-order valence-corrected chi connectivity index (χ0v) is 13.3. The van der Waals surface area contributed by atoms with Crippen molar-refractivity contribution in [3.05, 3.63) is 57.9 Å². The van der Waals surface area contributed by atoms with Gasteiger partial charge in [0.15, 0.2) is 0 Å². The number of nitrogens with one attached hydrogen (secondary N) is 1. The van der Waals surface area contributed by atoms with Gasteiger partial charge in [-0.2, -0.15) is 5.10 Å². The highest BCUT2D eigenvalue weighted by atomic mass is 16.6. The third-order valence-corrected chi connectivity index (χ3v) is 3.32. The smallest absolute Gasteiger partial charge is 0.270 e. The van der Waals surface area contributed by atoms with Crippen LogP contribution in [0, 0.1) is 10.1 Å². The predicted octanol–water partition coefficient (Wildman–Crippen LogP) is 0.717. The summed E-state index contributed by atoms with van der Waals surface area (Å²) in [6, 6.07) is 5.33. The van der Waals surface area contributed by atoms with Gasteiger partial charge in [-0.25, -0.2) is 0 Å². The van der Waals surface area contributed by atoms with E-state index in [9.17, 15) is 19.7 Å². The zero-order chi connectivity index (χ0) is 17.7. The number of aryl methyl sites for hydroxylation is 1. The van der Waals surface area contributed by atoms with Gasteiger partial charge in [-0.15, -0.1) is 0 Å². The number of carbonyl (C=O) groups excluding carboxylic acids is 2. The average molecular weight is 331 g/mol. The molecule has 0 unspecified atom stereocenters. The van der Waals surface area contributed by atoms with Crippen LogP contribution in [0.25, 0.3) is 0 Å². The van der Waals surface area contributed by atoms with Gasteiger partial charge in [0.05, 0.1) is 17.7 Å². The van der Waals surface area contributed by atoms with Gasteiger partial charge in [0.25, 0.3) is 11.6 Å². The molecular formula is C15H17N5O4. The summed E-state index contributed by atoms with van der Waals surface area (Å²) in [4.78, 5) is 35.6.